The lowest BCUT2D eigenvalue weighted by Gasteiger charge is -2.25. The first-order valence-electron chi connectivity index (χ1n) is 12.1. The highest BCUT2D eigenvalue weighted by Gasteiger charge is 2.24. The second-order valence-electron chi connectivity index (χ2n) is 9.93. The SMILES string of the molecule is CC(C)(C)c1ccc(/C=N/NC(=O)CSc2nnc(-c3ccc(Cl)cc3)n2C2CCCCC2)cc1. The summed E-state index contributed by atoms with van der Waals surface area (Å²) in [5.41, 5.74) is 5.91. The predicted octanol–water partition coefficient (Wildman–Crippen LogP) is 6.64. The second-order valence-corrected chi connectivity index (χ2v) is 11.3. The van der Waals surface area contributed by atoms with Crippen molar-refractivity contribution in [2.75, 3.05) is 5.75 Å². The average molecular weight is 510 g/mol. The fourth-order valence-electron chi connectivity index (χ4n) is 4.25. The number of amides is 1. The molecule has 8 heteroatoms. The Morgan fingerprint density at radius 2 is 1.77 bits per heavy atom. The van der Waals surface area contributed by atoms with E-state index in [0.29, 0.717) is 11.1 Å². The normalized spacial score (nSPS) is 15.0. The molecule has 0 aliphatic heterocycles. The number of carbonyl (C=O) groups excluding carboxylic acids is 1. The zero-order chi connectivity index (χ0) is 24.8. The Bertz CT molecular complexity index is 1160. The molecule has 0 radical (unpaired) electrons. The summed E-state index contributed by atoms with van der Waals surface area (Å²) in [4.78, 5) is 12.5. The molecule has 1 aliphatic rings. The van der Waals surface area contributed by atoms with Gasteiger partial charge in [0.1, 0.15) is 0 Å². The maximum Gasteiger partial charge on any atom is 0.250 e. The van der Waals surface area contributed by atoms with Crippen molar-refractivity contribution in [3.63, 3.8) is 0 Å². The molecule has 2 aromatic carbocycles. The largest absolute Gasteiger partial charge is 0.299 e. The minimum absolute atomic E-state index is 0.104. The van der Waals surface area contributed by atoms with Crippen LogP contribution in [0.5, 0.6) is 0 Å². The van der Waals surface area contributed by atoms with E-state index < -0.39 is 0 Å². The van der Waals surface area contributed by atoms with Crippen molar-refractivity contribution in [3.05, 3.63) is 64.7 Å². The Morgan fingerprint density at radius 1 is 1.09 bits per heavy atom. The third kappa shape index (κ3) is 6.73. The molecule has 1 fully saturated rings. The van der Waals surface area contributed by atoms with Crippen LogP contribution >= 0.6 is 23.4 Å². The molecule has 0 spiro atoms. The number of carbonyl (C=O) groups is 1. The lowest BCUT2D eigenvalue weighted by Crippen LogP contribution is -2.20. The molecule has 1 N–H and O–H groups in total. The van der Waals surface area contributed by atoms with Crippen LogP contribution in [-0.4, -0.2) is 32.6 Å². The van der Waals surface area contributed by atoms with E-state index in [2.05, 4.69) is 58.2 Å². The zero-order valence-electron chi connectivity index (χ0n) is 20.5. The summed E-state index contributed by atoms with van der Waals surface area (Å²) in [5, 5.41) is 14.5. The topological polar surface area (TPSA) is 72.2 Å². The van der Waals surface area contributed by atoms with Gasteiger partial charge in [-0.1, -0.05) is 87.7 Å². The van der Waals surface area contributed by atoms with Crippen LogP contribution in [0.25, 0.3) is 11.4 Å². The molecule has 0 atom stereocenters. The van der Waals surface area contributed by atoms with Gasteiger partial charge in [0.25, 0.3) is 5.91 Å². The van der Waals surface area contributed by atoms with E-state index in [-0.39, 0.29) is 17.1 Å². The minimum atomic E-state index is -0.177. The van der Waals surface area contributed by atoms with Crippen molar-refractivity contribution >= 4 is 35.5 Å². The van der Waals surface area contributed by atoms with Gasteiger partial charge in [0.05, 0.1) is 12.0 Å². The number of aromatic nitrogens is 3. The van der Waals surface area contributed by atoms with E-state index in [9.17, 15) is 4.79 Å². The maximum absolute atomic E-state index is 12.5. The first-order chi connectivity index (χ1) is 16.8. The van der Waals surface area contributed by atoms with Crippen LogP contribution in [0.3, 0.4) is 0 Å². The van der Waals surface area contributed by atoms with Gasteiger partial charge in [0, 0.05) is 16.6 Å². The Labute approximate surface area is 216 Å². The van der Waals surface area contributed by atoms with Gasteiger partial charge >= 0.3 is 0 Å². The molecule has 1 amide bonds. The van der Waals surface area contributed by atoms with Gasteiger partial charge in [-0.05, 0) is 53.6 Å². The maximum atomic E-state index is 12.5. The fraction of sp³-hybridized carbons (Fsp3) is 0.407. The molecule has 3 aromatic rings. The Morgan fingerprint density at radius 3 is 2.43 bits per heavy atom. The van der Waals surface area contributed by atoms with Crippen LogP contribution in [0.1, 0.15) is 70.0 Å². The van der Waals surface area contributed by atoms with Crippen molar-refractivity contribution in [1.29, 1.82) is 0 Å². The molecule has 1 aromatic heterocycles. The van der Waals surface area contributed by atoms with E-state index in [4.69, 9.17) is 11.6 Å². The van der Waals surface area contributed by atoms with Gasteiger partial charge in [-0.2, -0.15) is 5.10 Å². The number of benzene rings is 2. The van der Waals surface area contributed by atoms with Crippen LogP contribution < -0.4 is 5.43 Å². The number of halogens is 1. The van der Waals surface area contributed by atoms with E-state index in [0.717, 1.165) is 34.9 Å². The quantitative estimate of drug-likeness (QED) is 0.220. The van der Waals surface area contributed by atoms with Crippen molar-refractivity contribution < 1.29 is 4.79 Å². The number of hydrogen-bond donors (Lipinski definition) is 1. The van der Waals surface area contributed by atoms with Gasteiger partial charge in [0.2, 0.25) is 0 Å². The number of thioether (sulfide) groups is 1. The molecule has 1 aliphatic carbocycles. The lowest BCUT2D eigenvalue weighted by atomic mass is 9.87. The van der Waals surface area contributed by atoms with Crippen molar-refractivity contribution in [3.8, 4) is 11.4 Å². The molecular weight excluding hydrogens is 478 g/mol. The van der Waals surface area contributed by atoms with Gasteiger partial charge in [-0.15, -0.1) is 10.2 Å². The van der Waals surface area contributed by atoms with Crippen LogP contribution in [0.2, 0.25) is 5.02 Å². The fourth-order valence-corrected chi connectivity index (χ4v) is 5.17. The molecule has 4 rings (SSSR count). The summed E-state index contributed by atoms with van der Waals surface area (Å²) in [6.07, 6.45) is 7.50. The molecule has 6 nitrogen and oxygen atoms in total. The number of nitrogens with one attached hydrogen (secondary N) is 1. The molecule has 1 heterocycles. The summed E-state index contributed by atoms with van der Waals surface area (Å²) in [6, 6.07) is 16.2. The summed E-state index contributed by atoms with van der Waals surface area (Å²) in [7, 11) is 0. The molecule has 1 saturated carbocycles. The Balaban J connectivity index is 1.41. The third-order valence-electron chi connectivity index (χ3n) is 6.22. The predicted molar refractivity (Wildman–Crippen MR) is 144 cm³/mol. The van der Waals surface area contributed by atoms with Crippen LogP contribution in [0.4, 0.5) is 0 Å². The monoisotopic (exact) mass is 509 g/mol. The first-order valence-corrected chi connectivity index (χ1v) is 13.4. The molecule has 0 saturated heterocycles. The highest BCUT2D eigenvalue weighted by atomic mass is 35.5. The van der Waals surface area contributed by atoms with Crippen molar-refractivity contribution in [2.45, 2.75) is 69.5 Å². The van der Waals surface area contributed by atoms with E-state index in [1.54, 1.807) is 6.21 Å². The second kappa shape index (κ2) is 11.4. The Hall–Kier alpha value is -2.64. The van der Waals surface area contributed by atoms with Gasteiger partial charge in [-0.25, -0.2) is 5.43 Å². The number of hydrazone groups is 1. The average Bonchev–Trinajstić information content (AvgIpc) is 3.27. The van der Waals surface area contributed by atoms with Gasteiger partial charge < -0.3 is 0 Å². The molecule has 184 valence electrons. The standard InChI is InChI=1S/C27H32ClN5OS/c1-27(2,3)21-13-9-19(10-14-21)17-29-30-24(34)18-35-26-32-31-25(20-11-15-22(28)16-12-20)33(26)23-7-5-4-6-8-23/h9-17,23H,4-8,18H2,1-3H3,(H,30,34)/b29-17+. The van der Waals surface area contributed by atoms with Crippen LogP contribution in [0, 0.1) is 0 Å². The molecule has 0 unspecified atom stereocenters. The van der Waals surface area contributed by atoms with E-state index in [1.165, 1.54) is 36.6 Å². The minimum Gasteiger partial charge on any atom is -0.299 e. The third-order valence-corrected chi connectivity index (χ3v) is 7.41. The van der Waals surface area contributed by atoms with Gasteiger partial charge in [0.15, 0.2) is 11.0 Å². The number of hydrogen-bond acceptors (Lipinski definition) is 5. The van der Waals surface area contributed by atoms with E-state index >= 15 is 0 Å². The number of nitrogens with zero attached hydrogens (tertiary/aromatic N) is 4. The highest BCUT2D eigenvalue weighted by molar-refractivity contribution is 7.99. The summed E-state index contributed by atoms with van der Waals surface area (Å²) in [6.45, 7) is 6.55. The summed E-state index contributed by atoms with van der Waals surface area (Å²) < 4.78 is 2.21. The highest BCUT2D eigenvalue weighted by Crippen LogP contribution is 2.35. The zero-order valence-corrected chi connectivity index (χ0v) is 22.1. The van der Waals surface area contributed by atoms with Crippen LogP contribution in [0.15, 0.2) is 58.8 Å². The summed E-state index contributed by atoms with van der Waals surface area (Å²) >= 11 is 7.48. The number of rotatable bonds is 7. The smallest absolute Gasteiger partial charge is 0.250 e. The lowest BCUT2D eigenvalue weighted by molar-refractivity contribution is -0.118. The van der Waals surface area contributed by atoms with Crippen molar-refractivity contribution in [2.24, 2.45) is 5.10 Å². The van der Waals surface area contributed by atoms with Crippen molar-refractivity contribution in [1.82, 2.24) is 20.2 Å². The molecular formula is C27H32ClN5OS. The summed E-state index contributed by atoms with van der Waals surface area (Å²) in [5.74, 6) is 0.864. The molecule has 35 heavy (non-hydrogen) atoms. The van der Waals surface area contributed by atoms with E-state index in [1.807, 2.05) is 36.4 Å². The van der Waals surface area contributed by atoms with Crippen LogP contribution in [-0.2, 0) is 10.2 Å². The Kier molecular flexibility index (Phi) is 8.29. The first kappa shape index (κ1) is 25.5. The molecule has 0 bridgehead atoms. The van der Waals surface area contributed by atoms with Gasteiger partial charge in [-0.3, -0.25) is 9.36 Å².